The highest BCUT2D eigenvalue weighted by Crippen LogP contribution is 2.41. The van der Waals surface area contributed by atoms with Crippen LogP contribution in [0.5, 0.6) is 0 Å². The first-order valence-electron chi connectivity index (χ1n) is 6.77. The van der Waals surface area contributed by atoms with E-state index in [4.69, 9.17) is 0 Å². The second-order valence-electron chi connectivity index (χ2n) is 5.27. The summed E-state index contributed by atoms with van der Waals surface area (Å²) in [6.07, 6.45) is 0. The predicted octanol–water partition coefficient (Wildman–Crippen LogP) is 6.18. The molecule has 0 saturated carbocycles. The average Bonchev–Trinajstić information content (AvgIpc) is 2.66. The molecule has 0 saturated heterocycles. The molecule has 0 spiro atoms. The lowest BCUT2D eigenvalue weighted by Crippen LogP contribution is -2.10. The molecule has 3 aromatic rings. The Hall–Kier alpha value is -2.92. The lowest BCUT2D eigenvalue weighted by atomic mass is 9.96. The van der Waals surface area contributed by atoms with Gasteiger partial charge < -0.3 is 0 Å². The average molecular weight is 420 g/mol. The molecule has 0 heterocycles. The molecule has 0 aliphatic rings. The summed E-state index contributed by atoms with van der Waals surface area (Å²) in [6, 6.07) is 0. The standard InChI is InChI=1S/C16F12/c17-5-1(4-10(22)14(26)16(28)15(27)11(4)23)6(18)7(19)3-2(5)8(20)12(24)13(25)9(3)21. The Kier molecular flexibility index (Phi) is 4.47. The second-order valence-corrected chi connectivity index (χ2v) is 5.27. The molecule has 0 aromatic heterocycles. The van der Waals surface area contributed by atoms with E-state index in [2.05, 4.69) is 0 Å². The summed E-state index contributed by atoms with van der Waals surface area (Å²) in [4.78, 5) is 0. The quantitative estimate of drug-likeness (QED) is 0.251. The molecule has 0 aliphatic heterocycles. The van der Waals surface area contributed by atoms with E-state index in [0.717, 1.165) is 0 Å². The maximum absolute atomic E-state index is 14.5. The molecule has 0 bridgehead atoms. The highest BCUT2D eigenvalue weighted by atomic mass is 19.2. The van der Waals surface area contributed by atoms with Crippen molar-refractivity contribution in [3.05, 3.63) is 69.8 Å². The normalized spacial score (nSPS) is 11.6. The van der Waals surface area contributed by atoms with Gasteiger partial charge in [-0.15, -0.1) is 0 Å². The molecule has 0 unspecified atom stereocenters. The molecule has 3 rings (SSSR count). The van der Waals surface area contributed by atoms with Crippen LogP contribution in [0, 0.1) is 69.8 Å². The highest BCUT2D eigenvalue weighted by Gasteiger charge is 2.35. The number of rotatable bonds is 1. The first-order chi connectivity index (χ1) is 12.9. The minimum atomic E-state index is -2.77. The third kappa shape index (κ3) is 2.36. The van der Waals surface area contributed by atoms with Crippen LogP contribution in [0.1, 0.15) is 0 Å². The van der Waals surface area contributed by atoms with E-state index < -0.39 is 91.7 Å². The van der Waals surface area contributed by atoms with Gasteiger partial charge in [0.15, 0.2) is 58.2 Å². The van der Waals surface area contributed by atoms with Crippen molar-refractivity contribution in [2.45, 2.75) is 0 Å². The van der Waals surface area contributed by atoms with E-state index in [-0.39, 0.29) is 0 Å². The van der Waals surface area contributed by atoms with E-state index in [9.17, 15) is 52.7 Å². The van der Waals surface area contributed by atoms with E-state index in [1.54, 1.807) is 0 Å². The van der Waals surface area contributed by atoms with Crippen molar-refractivity contribution in [2.75, 3.05) is 0 Å². The van der Waals surface area contributed by atoms with Gasteiger partial charge in [0.2, 0.25) is 5.82 Å². The molecule has 12 heteroatoms. The van der Waals surface area contributed by atoms with E-state index in [1.807, 2.05) is 0 Å². The van der Waals surface area contributed by atoms with Gasteiger partial charge in [0, 0.05) is 0 Å². The SMILES string of the molecule is Fc1c(F)c(F)c(-c2c(F)c(F)c3c(F)c(F)c(F)c(F)c3c2F)c(F)c1F. The van der Waals surface area contributed by atoms with Crippen LogP contribution in [0.15, 0.2) is 0 Å². The molecule has 0 aliphatic carbocycles. The van der Waals surface area contributed by atoms with E-state index >= 15 is 0 Å². The second kappa shape index (κ2) is 6.31. The summed E-state index contributed by atoms with van der Waals surface area (Å²) in [5, 5.41) is -4.26. The molecule has 0 atom stereocenters. The van der Waals surface area contributed by atoms with Crippen LogP contribution in [0.25, 0.3) is 21.9 Å². The summed E-state index contributed by atoms with van der Waals surface area (Å²) in [7, 11) is 0. The number of halogens is 12. The molecule has 0 N–H and O–H groups in total. The predicted molar refractivity (Wildman–Crippen MR) is 68.9 cm³/mol. The Bertz CT molecular complexity index is 1150. The van der Waals surface area contributed by atoms with Crippen LogP contribution >= 0.6 is 0 Å². The van der Waals surface area contributed by atoms with Crippen molar-refractivity contribution in [3.63, 3.8) is 0 Å². The smallest absolute Gasteiger partial charge is 0.200 e. The zero-order chi connectivity index (χ0) is 21.2. The van der Waals surface area contributed by atoms with Gasteiger partial charge in [0.1, 0.15) is 5.82 Å². The van der Waals surface area contributed by atoms with Gasteiger partial charge in [-0.3, -0.25) is 0 Å². The molecule has 0 nitrogen and oxygen atoms in total. The van der Waals surface area contributed by atoms with Gasteiger partial charge in [0.05, 0.1) is 21.9 Å². The molecule has 3 aromatic carbocycles. The Balaban J connectivity index is 2.64. The van der Waals surface area contributed by atoms with Crippen LogP contribution in [-0.2, 0) is 0 Å². The topological polar surface area (TPSA) is 0 Å². The van der Waals surface area contributed by atoms with Crippen LogP contribution in [0.3, 0.4) is 0 Å². The van der Waals surface area contributed by atoms with E-state index in [1.165, 1.54) is 0 Å². The molecular formula is C16F12. The van der Waals surface area contributed by atoms with Crippen molar-refractivity contribution in [1.82, 2.24) is 0 Å². The monoisotopic (exact) mass is 420 g/mol. The summed E-state index contributed by atoms with van der Waals surface area (Å²) in [5.41, 5.74) is -4.71. The summed E-state index contributed by atoms with van der Waals surface area (Å²) < 4.78 is 164. The van der Waals surface area contributed by atoms with Crippen LogP contribution in [0.2, 0.25) is 0 Å². The van der Waals surface area contributed by atoms with Crippen LogP contribution < -0.4 is 0 Å². The van der Waals surface area contributed by atoms with Crippen molar-refractivity contribution >= 4 is 10.8 Å². The maximum atomic E-state index is 14.5. The van der Waals surface area contributed by atoms with Crippen LogP contribution in [-0.4, -0.2) is 0 Å². The van der Waals surface area contributed by atoms with E-state index in [0.29, 0.717) is 0 Å². The summed E-state index contributed by atoms with van der Waals surface area (Å²) >= 11 is 0. The third-order valence-corrected chi connectivity index (χ3v) is 3.80. The molecule has 0 radical (unpaired) electrons. The lowest BCUT2D eigenvalue weighted by Gasteiger charge is -2.14. The zero-order valence-corrected chi connectivity index (χ0v) is 12.5. The third-order valence-electron chi connectivity index (χ3n) is 3.80. The summed E-state index contributed by atoms with van der Waals surface area (Å²) in [6.45, 7) is 0. The molecular weight excluding hydrogens is 420 g/mol. The molecule has 0 amide bonds. The Morgan fingerprint density at radius 3 is 0.857 bits per heavy atom. The summed E-state index contributed by atoms with van der Waals surface area (Å²) in [5.74, 6) is -32.4. The van der Waals surface area contributed by atoms with Gasteiger partial charge in [-0.1, -0.05) is 0 Å². The zero-order valence-electron chi connectivity index (χ0n) is 12.5. The van der Waals surface area contributed by atoms with Gasteiger partial charge in [-0.05, 0) is 0 Å². The molecule has 28 heavy (non-hydrogen) atoms. The molecule has 148 valence electrons. The molecule has 0 fully saturated rings. The van der Waals surface area contributed by atoms with Crippen LogP contribution in [0.4, 0.5) is 52.7 Å². The first kappa shape index (κ1) is 19.8. The fraction of sp³-hybridized carbons (Fsp3) is 0. The Morgan fingerprint density at radius 2 is 0.429 bits per heavy atom. The van der Waals surface area contributed by atoms with Crippen molar-refractivity contribution in [2.24, 2.45) is 0 Å². The van der Waals surface area contributed by atoms with Gasteiger partial charge >= 0.3 is 0 Å². The maximum Gasteiger partial charge on any atom is 0.200 e. The van der Waals surface area contributed by atoms with Gasteiger partial charge in [0.25, 0.3) is 0 Å². The van der Waals surface area contributed by atoms with Crippen molar-refractivity contribution in [3.8, 4) is 11.1 Å². The Labute approximate surface area is 145 Å². The van der Waals surface area contributed by atoms with Crippen molar-refractivity contribution in [1.29, 1.82) is 0 Å². The fourth-order valence-electron chi connectivity index (χ4n) is 2.53. The van der Waals surface area contributed by atoms with Gasteiger partial charge in [-0.2, -0.15) is 0 Å². The number of hydrogen-bond donors (Lipinski definition) is 0. The lowest BCUT2D eigenvalue weighted by molar-refractivity contribution is 0.380. The Morgan fingerprint density at radius 1 is 0.214 bits per heavy atom. The number of benzene rings is 3. The van der Waals surface area contributed by atoms with Crippen molar-refractivity contribution < 1.29 is 52.7 Å². The highest BCUT2D eigenvalue weighted by molar-refractivity contribution is 5.90. The first-order valence-corrected chi connectivity index (χ1v) is 6.77. The number of fused-ring (bicyclic) bond motifs is 1. The van der Waals surface area contributed by atoms with Gasteiger partial charge in [-0.25, -0.2) is 52.7 Å². The fourth-order valence-corrected chi connectivity index (χ4v) is 2.53. The number of hydrogen-bond acceptors (Lipinski definition) is 0. The largest absolute Gasteiger partial charge is 0.205 e. The minimum Gasteiger partial charge on any atom is -0.205 e. The minimum absolute atomic E-state index is 2.11.